The summed E-state index contributed by atoms with van der Waals surface area (Å²) < 4.78 is 0. The van der Waals surface area contributed by atoms with Crippen molar-refractivity contribution in [1.82, 2.24) is 5.32 Å². The molecule has 2 nitrogen and oxygen atoms in total. The summed E-state index contributed by atoms with van der Waals surface area (Å²) in [7, 11) is 0. The van der Waals surface area contributed by atoms with Crippen LogP contribution in [-0.2, 0) is 0 Å². The molecule has 0 saturated carbocycles. The van der Waals surface area contributed by atoms with Crippen molar-refractivity contribution in [3.8, 4) is 0 Å². The number of benzene rings is 1. The number of rotatable bonds is 2. The zero-order valence-electron chi connectivity index (χ0n) is 14.8. The Bertz CT molecular complexity index is 485. The monoisotopic (exact) mass is 288 g/mol. The number of nitrogens with one attached hydrogen (secondary N) is 1. The van der Waals surface area contributed by atoms with Crippen molar-refractivity contribution in [3.05, 3.63) is 29.3 Å². The van der Waals surface area contributed by atoms with Gasteiger partial charge in [-0.25, -0.2) is 0 Å². The average Bonchev–Trinajstić information content (AvgIpc) is 2.37. The van der Waals surface area contributed by atoms with Gasteiger partial charge in [-0.1, -0.05) is 52.3 Å². The molecule has 1 fully saturated rings. The second kappa shape index (κ2) is 6.00. The van der Waals surface area contributed by atoms with Gasteiger partial charge in [-0.3, -0.25) is 0 Å². The van der Waals surface area contributed by atoms with Crippen molar-refractivity contribution in [2.75, 3.05) is 18.0 Å². The second-order valence-electron chi connectivity index (χ2n) is 8.08. The maximum absolute atomic E-state index is 3.78. The molecule has 1 aliphatic rings. The SMILES string of the molecule is Cc1ccc(N2CC(C(C)(C)C)NCC2C(C)C)c(C)c1. The molecule has 2 rings (SSSR count). The average molecular weight is 288 g/mol. The van der Waals surface area contributed by atoms with Gasteiger partial charge in [0.15, 0.2) is 0 Å². The zero-order valence-corrected chi connectivity index (χ0v) is 14.8. The molecule has 1 aliphatic heterocycles. The van der Waals surface area contributed by atoms with Gasteiger partial charge in [-0.2, -0.15) is 0 Å². The van der Waals surface area contributed by atoms with Crippen LogP contribution in [0.3, 0.4) is 0 Å². The molecule has 0 spiro atoms. The zero-order chi connectivity index (χ0) is 15.8. The summed E-state index contributed by atoms with van der Waals surface area (Å²) >= 11 is 0. The molecule has 1 saturated heterocycles. The van der Waals surface area contributed by atoms with Crippen LogP contribution in [0.2, 0.25) is 0 Å². The fraction of sp³-hybridized carbons (Fsp3) is 0.684. The van der Waals surface area contributed by atoms with Crippen LogP contribution in [0.25, 0.3) is 0 Å². The Labute approximate surface area is 130 Å². The van der Waals surface area contributed by atoms with Crippen LogP contribution < -0.4 is 10.2 Å². The van der Waals surface area contributed by atoms with Crippen LogP contribution in [0.4, 0.5) is 5.69 Å². The number of aryl methyl sites for hydroxylation is 2. The normalized spacial score (nSPS) is 23.7. The quantitative estimate of drug-likeness (QED) is 0.879. The summed E-state index contributed by atoms with van der Waals surface area (Å²) in [4.78, 5) is 2.64. The molecular weight excluding hydrogens is 256 g/mol. The maximum Gasteiger partial charge on any atom is 0.0438 e. The Kier molecular flexibility index (Phi) is 4.67. The summed E-state index contributed by atoms with van der Waals surface area (Å²) in [5, 5.41) is 3.78. The minimum absolute atomic E-state index is 0.290. The van der Waals surface area contributed by atoms with Crippen molar-refractivity contribution in [3.63, 3.8) is 0 Å². The Morgan fingerprint density at radius 1 is 1.19 bits per heavy atom. The van der Waals surface area contributed by atoms with E-state index in [2.05, 4.69) is 76.9 Å². The smallest absolute Gasteiger partial charge is 0.0438 e. The molecule has 1 N–H and O–H groups in total. The fourth-order valence-corrected chi connectivity index (χ4v) is 3.35. The van der Waals surface area contributed by atoms with E-state index < -0.39 is 0 Å². The van der Waals surface area contributed by atoms with Gasteiger partial charge in [-0.15, -0.1) is 0 Å². The van der Waals surface area contributed by atoms with Gasteiger partial charge in [0.25, 0.3) is 0 Å². The van der Waals surface area contributed by atoms with E-state index in [1.807, 2.05) is 0 Å². The molecule has 2 unspecified atom stereocenters. The standard InChI is InChI=1S/C19H32N2/c1-13(2)17-11-20-18(19(5,6)7)12-21(17)16-9-8-14(3)10-15(16)4/h8-10,13,17-18,20H,11-12H2,1-7H3. The van der Waals surface area contributed by atoms with Crippen molar-refractivity contribution in [2.45, 2.75) is 60.5 Å². The number of piperazine rings is 1. The first-order chi connectivity index (χ1) is 9.70. The number of hydrogen-bond donors (Lipinski definition) is 1. The van der Waals surface area contributed by atoms with E-state index in [0.29, 0.717) is 23.4 Å². The molecule has 2 atom stereocenters. The molecule has 1 aromatic carbocycles. The van der Waals surface area contributed by atoms with E-state index in [-0.39, 0.29) is 0 Å². The molecule has 0 amide bonds. The molecule has 118 valence electrons. The van der Waals surface area contributed by atoms with E-state index in [9.17, 15) is 0 Å². The Hall–Kier alpha value is -1.02. The summed E-state index contributed by atoms with van der Waals surface area (Å²) in [5.74, 6) is 0.652. The lowest BCUT2D eigenvalue weighted by Crippen LogP contribution is -2.62. The molecule has 1 heterocycles. The molecule has 0 aromatic heterocycles. The Balaban J connectivity index is 2.34. The number of anilines is 1. The van der Waals surface area contributed by atoms with Gasteiger partial charge in [0.1, 0.15) is 0 Å². The maximum atomic E-state index is 3.78. The van der Waals surface area contributed by atoms with E-state index in [1.54, 1.807) is 0 Å². The summed E-state index contributed by atoms with van der Waals surface area (Å²) in [6.07, 6.45) is 0. The van der Waals surface area contributed by atoms with E-state index in [0.717, 1.165) is 13.1 Å². The Morgan fingerprint density at radius 3 is 2.38 bits per heavy atom. The minimum Gasteiger partial charge on any atom is -0.365 e. The molecule has 1 aromatic rings. The largest absolute Gasteiger partial charge is 0.365 e. The van der Waals surface area contributed by atoms with E-state index >= 15 is 0 Å². The summed E-state index contributed by atoms with van der Waals surface area (Å²) in [6, 6.07) is 7.97. The lowest BCUT2D eigenvalue weighted by Gasteiger charge is -2.48. The summed E-state index contributed by atoms with van der Waals surface area (Å²) in [6.45, 7) is 18.3. The van der Waals surface area contributed by atoms with Gasteiger partial charge in [0.2, 0.25) is 0 Å². The third-order valence-electron chi connectivity index (χ3n) is 4.83. The highest BCUT2D eigenvalue weighted by Gasteiger charge is 2.35. The highest BCUT2D eigenvalue weighted by molar-refractivity contribution is 5.56. The second-order valence-corrected chi connectivity index (χ2v) is 8.08. The van der Waals surface area contributed by atoms with Crippen LogP contribution in [0.1, 0.15) is 45.7 Å². The highest BCUT2D eigenvalue weighted by Crippen LogP contribution is 2.31. The molecule has 2 heteroatoms. The molecule has 0 bridgehead atoms. The van der Waals surface area contributed by atoms with Gasteiger partial charge < -0.3 is 10.2 Å². The van der Waals surface area contributed by atoms with Gasteiger partial charge in [0.05, 0.1) is 0 Å². The van der Waals surface area contributed by atoms with E-state index in [4.69, 9.17) is 0 Å². The van der Waals surface area contributed by atoms with Gasteiger partial charge >= 0.3 is 0 Å². The van der Waals surface area contributed by atoms with Gasteiger partial charge in [0, 0.05) is 30.9 Å². The van der Waals surface area contributed by atoms with Crippen molar-refractivity contribution in [1.29, 1.82) is 0 Å². The van der Waals surface area contributed by atoms with Crippen LogP contribution in [-0.4, -0.2) is 25.2 Å². The van der Waals surface area contributed by atoms with Crippen LogP contribution in [0, 0.1) is 25.2 Å². The van der Waals surface area contributed by atoms with Crippen molar-refractivity contribution >= 4 is 5.69 Å². The van der Waals surface area contributed by atoms with Crippen molar-refractivity contribution < 1.29 is 0 Å². The third-order valence-corrected chi connectivity index (χ3v) is 4.83. The molecular formula is C19H32N2. The first-order valence-corrected chi connectivity index (χ1v) is 8.27. The highest BCUT2D eigenvalue weighted by atomic mass is 15.2. The fourth-order valence-electron chi connectivity index (χ4n) is 3.35. The van der Waals surface area contributed by atoms with E-state index in [1.165, 1.54) is 16.8 Å². The lowest BCUT2D eigenvalue weighted by atomic mass is 9.83. The molecule has 0 radical (unpaired) electrons. The molecule has 21 heavy (non-hydrogen) atoms. The first kappa shape index (κ1) is 16.4. The minimum atomic E-state index is 0.290. The molecule has 0 aliphatic carbocycles. The van der Waals surface area contributed by atoms with Crippen molar-refractivity contribution in [2.24, 2.45) is 11.3 Å². The number of hydrogen-bond acceptors (Lipinski definition) is 2. The topological polar surface area (TPSA) is 15.3 Å². The predicted octanol–water partition coefficient (Wildman–Crippen LogP) is 4.15. The van der Waals surface area contributed by atoms with Crippen LogP contribution in [0.5, 0.6) is 0 Å². The van der Waals surface area contributed by atoms with Gasteiger partial charge in [-0.05, 0) is 36.8 Å². The van der Waals surface area contributed by atoms with Crippen LogP contribution in [0.15, 0.2) is 18.2 Å². The Morgan fingerprint density at radius 2 is 1.86 bits per heavy atom. The first-order valence-electron chi connectivity index (χ1n) is 8.27. The van der Waals surface area contributed by atoms with Crippen LogP contribution >= 0.6 is 0 Å². The summed E-state index contributed by atoms with van der Waals surface area (Å²) in [5.41, 5.74) is 4.45. The number of nitrogens with zero attached hydrogens (tertiary/aromatic N) is 1. The lowest BCUT2D eigenvalue weighted by molar-refractivity contribution is 0.220. The third kappa shape index (κ3) is 3.60. The predicted molar refractivity (Wildman–Crippen MR) is 93.1 cm³/mol.